The van der Waals surface area contributed by atoms with Gasteiger partial charge in [0, 0.05) is 27.8 Å². The van der Waals surface area contributed by atoms with Gasteiger partial charge in [0.15, 0.2) is 0 Å². The molecule has 0 amide bonds. The fourth-order valence-corrected chi connectivity index (χ4v) is 2.69. The van der Waals surface area contributed by atoms with Gasteiger partial charge in [-0.1, -0.05) is 61.2 Å². The zero-order valence-electron chi connectivity index (χ0n) is 9.96. The molecule has 1 heterocycles. The molecule has 86 valence electrons. The van der Waals surface area contributed by atoms with Gasteiger partial charge >= 0.3 is 0 Å². The highest BCUT2D eigenvalue weighted by atomic mass is 127. The highest BCUT2D eigenvalue weighted by Crippen LogP contribution is 2.46. The van der Waals surface area contributed by atoms with E-state index in [1.165, 1.54) is 27.8 Å². The van der Waals surface area contributed by atoms with Gasteiger partial charge in [-0.05, 0) is 18.1 Å². The van der Waals surface area contributed by atoms with Gasteiger partial charge in [0.05, 0.1) is 0 Å². The third kappa shape index (κ3) is 1.77. The lowest BCUT2D eigenvalue weighted by molar-refractivity contribution is 0.632. The van der Waals surface area contributed by atoms with Gasteiger partial charge in [0.1, 0.15) is 0 Å². The summed E-state index contributed by atoms with van der Waals surface area (Å²) in [7, 11) is 0. The van der Waals surface area contributed by atoms with Gasteiger partial charge in [0.2, 0.25) is 0 Å². The summed E-state index contributed by atoms with van der Waals surface area (Å²) in [4.78, 5) is 2.38. The Morgan fingerprint density at radius 1 is 1.31 bits per heavy atom. The maximum atomic E-state index is 4.28. The molecule has 0 unspecified atom stereocenters. The number of benzene rings is 1. The number of para-hydroxylation sites is 1. The maximum absolute atomic E-state index is 4.28. The van der Waals surface area contributed by atoms with Crippen molar-refractivity contribution < 1.29 is 0 Å². The molecule has 0 radical (unpaired) electrons. The number of nitrogens with zero attached hydrogens (tertiary/aromatic N) is 1. The quantitative estimate of drug-likeness (QED) is 0.596. The lowest BCUT2D eigenvalue weighted by Crippen LogP contribution is -2.26. The van der Waals surface area contributed by atoms with Crippen molar-refractivity contribution in [1.82, 2.24) is 0 Å². The van der Waals surface area contributed by atoms with Crippen molar-refractivity contribution in [3.63, 3.8) is 0 Å². The summed E-state index contributed by atoms with van der Waals surface area (Å²) in [5, 5.41) is 0. The highest BCUT2D eigenvalue weighted by Gasteiger charge is 2.37. The summed E-state index contributed by atoms with van der Waals surface area (Å²) >= 11 is 2.43. The molecule has 1 aromatic carbocycles. The molecule has 1 nitrogen and oxygen atoms in total. The van der Waals surface area contributed by atoms with Crippen LogP contribution in [0.1, 0.15) is 25.8 Å². The van der Waals surface area contributed by atoms with Gasteiger partial charge in [-0.15, -0.1) is 0 Å². The first-order valence-corrected chi connectivity index (χ1v) is 7.24. The molecular weight excluding hydrogens is 309 g/mol. The number of hydrogen-bond donors (Lipinski definition) is 0. The van der Waals surface area contributed by atoms with E-state index in [-0.39, 0.29) is 5.41 Å². The van der Waals surface area contributed by atoms with Gasteiger partial charge in [-0.2, -0.15) is 0 Å². The third-order valence-corrected chi connectivity index (χ3v) is 4.19. The van der Waals surface area contributed by atoms with Crippen LogP contribution in [0.15, 0.2) is 36.5 Å². The predicted molar refractivity (Wildman–Crippen MR) is 79.5 cm³/mol. The number of anilines is 1. The second kappa shape index (κ2) is 4.40. The monoisotopic (exact) mass is 327 g/mol. The van der Waals surface area contributed by atoms with Crippen LogP contribution >= 0.6 is 22.6 Å². The minimum absolute atomic E-state index is 0.0852. The molecule has 0 saturated carbocycles. The van der Waals surface area contributed by atoms with E-state index in [0.717, 1.165) is 6.54 Å². The third-order valence-electron chi connectivity index (χ3n) is 3.43. The fraction of sp³-hybridized carbons (Fsp3) is 0.429. The number of allylic oxidation sites excluding steroid dienone is 1. The molecule has 0 N–H and O–H groups in total. The molecule has 0 atom stereocenters. The van der Waals surface area contributed by atoms with E-state index in [0.29, 0.717) is 0 Å². The Labute approximate surface area is 112 Å². The van der Waals surface area contributed by atoms with E-state index in [1.54, 1.807) is 0 Å². The first-order chi connectivity index (χ1) is 7.59. The largest absolute Gasteiger partial charge is 0.345 e. The van der Waals surface area contributed by atoms with Gasteiger partial charge in [-0.25, -0.2) is 0 Å². The number of rotatable bonds is 3. The lowest BCUT2D eigenvalue weighted by Gasteiger charge is -2.25. The van der Waals surface area contributed by atoms with Crippen molar-refractivity contribution >= 4 is 28.3 Å². The molecule has 0 saturated heterocycles. The topological polar surface area (TPSA) is 3.24 Å². The normalized spacial score (nSPS) is 17.7. The second-order valence-corrected chi connectivity index (χ2v) is 5.86. The summed E-state index contributed by atoms with van der Waals surface area (Å²) in [6, 6.07) is 8.67. The second-order valence-electron chi connectivity index (χ2n) is 4.78. The van der Waals surface area contributed by atoms with Crippen molar-refractivity contribution in [3.8, 4) is 0 Å². The zero-order valence-corrected chi connectivity index (χ0v) is 12.1. The first-order valence-electron chi connectivity index (χ1n) is 5.71. The minimum atomic E-state index is 0.0852. The van der Waals surface area contributed by atoms with E-state index in [1.807, 2.05) is 0 Å². The van der Waals surface area contributed by atoms with Crippen LogP contribution in [0.2, 0.25) is 0 Å². The number of fused-ring (bicyclic) bond motifs is 1. The molecule has 2 heteroatoms. The van der Waals surface area contributed by atoms with Crippen LogP contribution in [0.4, 0.5) is 5.69 Å². The van der Waals surface area contributed by atoms with Crippen LogP contribution < -0.4 is 4.90 Å². The lowest BCUT2D eigenvalue weighted by atomic mass is 9.84. The molecule has 1 aliphatic rings. The van der Waals surface area contributed by atoms with Gasteiger partial charge in [0.25, 0.3) is 0 Å². The molecule has 0 aliphatic carbocycles. The Morgan fingerprint density at radius 3 is 2.69 bits per heavy atom. The van der Waals surface area contributed by atoms with E-state index >= 15 is 0 Å². The molecule has 16 heavy (non-hydrogen) atoms. The molecule has 0 fully saturated rings. The van der Waals surface area contributed by atoms with Crippen LogP contribution in [0.3, 0.4) is 0 Å². The average Bonchev–Trinajstić information content (AvgIpc) is 2.47. The van der Waals surface area contributed by atoms with Crippen molar-refractivity contribution in [2.24, 2.45) is 0 Å². The molecule has 0 bridgehead atoms. The van der Waals surface area contributed by atoms with Crippen LogP contribution in [0.5, 0.6) is 0 Å². The number of hydrogen-bond acceptors (Lipinski definition) is 1. The SMILES string of the molecule is C=C1N(CCCI)c2ccccc2C1(C)C. The maximum Gasteiger partial charge on any atom is 0.0450 e. The Balaban J connectivity index is 2.39. The molecule has 0 aromatic heterocycles. The summed E-state index contributed by atoms with van der Waals surface area (Å²) in [5.74, 6) is 0. The molecule has 0 spiro atoms. The number of alkyl halides is 1. The Morgan fingerprint density at radius 2 is 2.00 bits per heavy atom. The van der Waals surface area contributed by atoms with E-state index in [2.05, 4.69) is 72.2 Å². The zero-order chi connectivity index (χ0) is 11.8. The average molecular weight is 327 g/mol. The molecular formula is C14H18IN. The van der Waals surface area contributed by atoms with Gasteiger partial charge in [-0.3, -0.25) is 0 Å². The molecule has 2 rings (SSSR count). The van der Waals surface area contributed by atoms with Crippen molar-refractivity contribution in [3.05, 3.63) is 42.1 Å². The van der Waals surface area contributed by atoms with Crippen LogP contribution in [0, 0.1) is 0 Å². The predicted octanol–water partition coefficient (Wildman–Crippen LogP) is 4.12. The highest BCUT2D eigenvalue weighted by molar-refractivity contribution is 14.1. The van der Waals surface area contributed by atoms with Crippen molar-refractivity contribution in [2.45, 2.75) is 25.7 Å². The summed E-state index contributed by atoms with van der Waals surface area (Å²) < 4.78 is 1.20. The summed E-state index contributed by atoms with van der Waals surface area (Å²) in [6.07, 6.45) is 1.21. The number of halogens is 1. The van der Waals surface area contributed by atoms with E-state index in [4.69, 9.17) is 0 Å². The minimum Gasteiger partial charge on any atom is -0.345 e. The summed E-state index contributed by atoms with van der Waals surface area (Å²) in [5.41, 5.74) is 4.08. The van der Waals surface area contributed by atoms with Crippen LogP contribution in [-0.2, 0) is 5.41 Å². The smallest absolute Gasteiger partial charge is 0.0450 e. The fourth-order valence-electron chi connectivity index (χ4n) is 2.35. The van der Waals surface area contributed by atoms with Crippen molar-refractivity contribution in [2.75, 3.05) is 15.9 Å². The first kappa shape index (κ1) is 12.0. The molecule has 1 aliphatic heterocycles. The molecule has 1 aromatic rings. The standard InChI is InChI=1S/C14H18IN/c1-11-14(2,3)12-7-4-5-8-13(12)16(11)10-6-9-15/h4-5,7-8H,1,6,9-10H2,2-3H3. The van der Waals surface area contributed by atoms with E-state index < -0.39 is 0 Å². The van der Waals surface area contributed by atoms with Gasteiger partial charge < -0.3 is 4.90 Å². The Bertz CT molecular complexity index is 409. The van der Waals surface area contributed by atoms with Crippen LogP contribution in [0.25, 0.3) is 0 Å². The summed E-state index contributed by atoms with van der Waals surface area (Å²) in [6.45, 7) is 9.89. The Kier molecular flexibility index (Phi) is 3.29. The van der Waals surface area contributed by atoms with Crippen molar-refractivity contribution in [1.29, 1.82) is 0 Å². The van der Waals surface area contributed by atoms with Crippen LogP contribution in [-0.4, -0.2) is 11.0 Å². The van der Waals surface area contributed by atoms with E-state index in [9.17, 15) is 0 Å². The Hall–Kier alpha value is -0.510.